The lowest BCUT2D eigenvalue weighted by atomic mass is 10.1. The molecule has 6 nitrogen and oxygen atoms in total. The molecule has 0 fully saturated rings. The van der Waals surface area contributed by atoms with Crippen molar-refractivity contribution >= 4 is 15.8 Å². The first-order chi connectivity index (χ1) is 10.0. The SMILES string of the molecule is Cc1ccccc1CCNS(=O)(=O)c1cccnc1NN. The number of rotatable bonds is 6. The van der Waals surface area contributed by atoms with Gasteiger partial charge in [-0.3, -0.25) is 0 Å². The number of benzene rings is 1. The highest BCUT2D eigenvalue weighted by Gasteiger charge is 2.18. The lowest BCUT2D eigenvalue weighted by Gasteiger charge is -2.10. The maximum absolute atomic E-state index is 12.2. The summed E-state index contributed by atoms with van der Waals surface area (Å²) in [5.74, 6) is 5.41. The summed E-state index contributed by atoms with van der Waals surface area (Å²) in [5.41, 5.74) is 4.54. The molecule has 0 aliphatic carbocycles. The van der Waals surface area contributed by atoms with Gasteiger partial charge in [0, 0.05) is 12.7 Å². The Bertz CT molecular complexity index is 716. The molecule has 1 heterocycles. The second-order valence-corrected chi connectivity index (χ2v) is 6.30. The van der Waals surface area contributed by atoms with Crippen molar-refractivity contribution in [2.24, 2.45) is 5.84 Å². The Balaban J connectivity index is 2.07. The van der Waals surface area contributed by atoms with E-state index >= 15 is 0 Å². The van der Waals surface area contributed by atoms with Gasteiger partial charge < -0.3 is 5.43 Å². The Morgan fingerprint density at radius 1 is 1.19 bits per heavy atom. The number of anilines is 1. The van der Waals surface area contributed by atoms with E-state index in [1.54, 1.807) is 6.07 Å². The van der Waals surface area contributed by atoms with Gasteiger partial charge in [-0.05, 0) is 36.6 Å². The van der Waals surface area contributed by atoms with Crippen LogP contribution in [0.3, 0.4) is 0 Å². The van der Waals surface area contributed by atoms with E-state index in [1.807, 2.05) is 31.2 Å². The molecule has 0 amide bonds. The number of nitrogen functional groups attached to an aromatic ring is 1. The van der Waals surface area contributed by atoms with Gasteiger partial charge in [0.05, 0.1) is 0 Å². The van der Waals surface area contributed by atoms with Gasteiger partial charge in [-0.25, -0.2) is 24.0 Å². The van der Waals surface area contributed by atoms with Crippen LogP contribution in [0.15, 0.2) is 47.5 Å². The number of hydrogen-bond donors (Lipinski definition) is 3. The van der Waals surface area contributed by atoms with Crippen LogP contribution in [-0.4, -0.2) is 19.9 Å². The number of pyridine rings is 1. The zero-order valence-corrected chi connectivity index (χ0v) is 12.5. The summed E-state index contributed by atoms with van der Waals surface area (Å²) in [6.07, 6.45) is 2.10. The monoisotopic (exact) mass is 306 g/mol. The van der Waals surface area contributed by atoms with Crippen LogP contribution in [0.1, 0.15) is 11.1 Å². The van der Waals surface area contributed by atoms with Crippen molar-refractivity contribution in [1.29, 1.82) is 0 Å². The highest BCUT2D eigenvalue weighted by Crippen LogP contribution is 2.16. The molecular formula is C14H18N4O2S. The normalized spacial score (nSPS) is 11.3. The Kier molecular flexibility index (Phi) is 4.89. The fourth-order valence-electron chi connectivity index (χ4n) is 2.00. The minimum atomic E-state index is -3.64. The standard InChI is InChI=1S/C14H18N4O2S/c1-11-5-2-3-6-12(11)8-10-17-21(19,20)13-7-4-9-16-14(13)18-15/h2-7,9,17H,8,10,15H2,1H3,(H,16,18). The third kappa shape index (κ3) is 3.78. The molecule has 0 aliphatic rings. The third-order valence-corrected chi connectivity index (χ3v) is 4.64. The number of hydrazine groups is 1. The van der Waals surface area contributed by atoms with Gasteiger partial charge in [0.1, 0.15) is 4.90 Å². The van der Waals surface area contributed by atoms with E-state index in [0.717, 1.165) is 11.1 Å². The third-order valence-electron chi connectivity index (χ3n) is 3.14. The number of sulfonamides is 1. The molecule has 4 N–H and O–H groups in total. The largest absolute Gasteiger partial charge is 0.307 e. The highest BCUT2D eigenvalue weighted by molar-refractivity contribution is 7.89. The number of aromatic nitrogens is 1. The average Bonchev–Trinajstić information content (AvgIpc) is 2.49. The van der Waals surface area contributed by atoms with Crippen LogP contribution in [0, 0.1) is 6.92 Å². The van der Waals surface area contributed by atoms with Crippen LogP contribution in [0.4, 0.5) is 5.82 Å². The summed E-state index contributed by atoms with van der Waals surface area (Å²) in [6.45, 7) is 2.31. The molecule has 0 spiro atoms. The minimum Gasteiger partial charge on any atom is -0.307 e. The lowest BCUT2D eigenvalue weighted by molar-refractivity contribution is 0.581. The van der Waals surface area contributed by atoms with E-state index in [-0.39, 0.29) is 10.7 Å². The smallest absolute Gasteiger partial charge is 0.244 e. The van der Waals surface area contributed by atoms with Crippen LogP contribution in [0.5, 0.6) is 0 Å². The first-order valence-electron chi connectivity index (χ1n) is 6.50. The number of nitrogens with one attached hydrogen (secondary N) is 2. The quantitative estimate of drug-likeness (QED) is 0.550. The summed E-state index contributed by atoms with van der Waals surface area (Å²) < 4.78 is 27.0. The second kappa shape index (κ2) is 6.66. The van der Waals surface area contributed by atoms with Gasteiger partial charge in [-0.15, -0.1) is 0 Å². The average molecular weight is 306 g/mol. The molecule has 0 saturated heterocycles. The topological polar surface area (TPSA) is 97.1 Å². The van der Waals surface area contributed by atoms with E-state index in [0.29, 0.717) is 13.0 Å². The maximum Gasteiger partial charge on any atom is 0.244 e. The van der Waals surface area contributed by atoms with Gasteiger partial charge >= 0.3 is 0 Å². The van der Waals surface area contributed by atoms with Crippen LogP contribution < -0.4 is 16.0 Å². The van der Waals surface area contributed by atoms with Gasteiger partial charge in [-0.1, -0.05) is 24.3 Å². The van der Waals surface area contributed by atoms with Crippen molar-refractivity contribution in [2.75, 3.05) is 12.0 Å². The van der Waals surface area contributed by atoms with Crippen LogP contribution in [0.25, 0.3) is 0 Å². The van der Waals surface area contributed by atoms with E-state index < -0.39 is 10.0 Å². The number of hydrogen-bond acceptors (Lipinski definition) is 5. The molecule has 0 unspecified atom stereocenters. The predicted octanol–water partition coefficient (Wildman–Crippen LogP) is 1.20. The molecule has 0 radical (unpaired) electrons. The molecule has 1 aromatic carbocycles. The van der Waals surface area contributed by atoms with Crippen molar-refractivity contribution in [1.82, 2.24) is 9.71 Å². The molecule has 2 rings (SSSR count). The fourth-order valence-corrected chi connectivity index (χ4v) is 3.15. The number of aryl methyl sites for hydroxylation is 1. The van der Waals surface area contributed by atoms with E-state index in [9.17, 15) is 8.42 Å². The van der Waals surface area contributed by atoms with E-state index in [4.69, 9.17) is 5.84 Å². The lowest BCUT2D eigenvalue weighted by Crippen LogP contribution is -2.27. The Labute approximate surface area is 124 Å². The first-order valence-corrected chi connectivity index (χ1v) is 7.99. The molecule has 2 aromatic rings. The summed E-state index contributed by atoms with van der Waals surface area (Å²) in [6, 6.07) is 10.9. The molecule has 0 bridgehead atoms. The molecule has 1 aromatic heterocycles. The molecule has 0 atom stereocenters. The van der Waals surface area contributed by atoms with Crippen LogP contribution in [-0.2, 0) is 16.4 Å². The zero-order valence-electron chi connectivity index (χ0n) is 11.7. The molecule has 0 saturated carbocycles. The summed E-state index contributed by atoms with van der Waals surface area (Å²) in [5, 5.41) is 0. The fraction of sp³-hybridized carbons (Fsp3) is 0.214. The Morgan fingerprint density at radius 3 is 2.67 bits per heavy atom. The van der Waals surface area contributed by atoms with Crippen LogP contribution in [0.2, 0.25) is 0 Å². The van der Waals surface area contributed by atoms with E-state index in [1.165, 1.54) is 12.3 Å². The molecular weight excluding hydrogens is 288 g/mol. The maximum atomic E-state index is 12.2. The van der Waals surface area contributed by atoms with Crippen molar-refractivity contribution in [2.45, 2.75) is 18.2 Å². The molecule has 0 aliphatic heterocycles. The minimum absolute atomic E-state index is 0.0392. The molecule has 112 valence electrons. The summed E-state index contributed by atoms with van der Waals surface area (Å²) >= 11 is 0. The summed E-state index contributed by atoms with van der Waals surface area (Å²) in [4.78, 5) is 3.93. The van der Waals surface area contributed by atoms with Crippen molar-refractivity contribution in [3.63, 3.8) is 0 Å². The number of nitrogens with two attached hydrogens (primary N) is 1. The van der Waals surface area contributed by atoms with Gasteiger partial charge in [-0.2, -0.15) is 0 Å². The number of nitrogens with zero attached hydrogens (tertiary/aromatic N) is 1. The Morgan fingerprint density at radius 2 is 1.95 bits per heavy atom. The van der Waals surface area contributed by atoms with Crippen molar-refractivity contribution in [3.05, 3.63) is 53.7 Å². The van der Waals surface area contributed by atoms with Crippen molar-refractivity contribution in [3.8, 4) is 0 Å². The van der Waals surface area contributed by atoms with Crippen LogP contribution >= 0.6 is 0 Å². The van der Waals surface area contributed by atoms with Gasteiger partial charge in [0.25, 0.3) is 0 Å². The van der Waals surface area contributed by atoms with Gasteiger partial charge in [0.15, 0.2) is 5.82 Å². The second-order valence-electron chi connectivity index (χ2n) is 4.57. The zero-order chi connectivity index (χ0) is 15.3. The first kappa shape index (κ1) is 15.4. The predicted molar refractivity (Wildman–Crippen MR) is 82.1 cm³/mol. The Hall–Kier alpha value is -1.96. The van der Waals surface area contributed by atoms with Crippen molar-refractivity contribution < 1.29 is 8.42 Å². The van der Waals surface area contributed by atoms with Gasteiger partial charge in [0.2, 0.25) is 10.0 Å². The molecule has 21 heavy (non-hydrogen) atoms. The summed E-state index contributed by atoms with van der Waals surface area (Å²) in [7, 11) is -3.64. The highest BCUT2D eigenvalue weighted by atomic mass is 32.2. The van der Waals surface area contributed by atoms with E-state index in [2.05, 4.69) is 15.1 Å². The molecule has 7 heteroatoms.